The molecule has 5 heteroatoms. The third-order valence-corrected chi connectivity index (χ3v) is 3.35. The minimum atomic E-state index is 0.0650. The van der Waals surface area contributed by atoms with Crippen molar-refractivity contribution in [2.75, 3.05) is 17.7 Å². The molecule has 2 heterocycles. The average molecular weight is 269 g/mol. The molecule has 2 aromatic rings. The zero-order valence-electron chi connectivity index (χ0n) is 11.2. The van der Waals surface area contributed by atoms with Gasteiger partial charge in [0.2, 0.25) is 11.8 Å². The Balaban J connectivity index is 1.90. The van der Waals surface area contributed by atoms with Gasteiger partial charge in [-0.2, -0.15) is 0 Å². The molecule has 1 aromatic carbocycles. The van der Waals surface area contributed by atoms with Crippen LogP contribution in [0.4, 0.5) is 11.4 Å². The van der Waals surface area contributed by atoms with E-state index in [9.17, 15) is 4.79 Å². The Kier molecular flexibility index (Phi) is 3.02. The minimum absolute atomic E-state index is 0.0650. The van der Waals surface area contributed by atoms with E-state index in [1.54, 1.807) is 18.1 Å². The van der Waals surface area contributed by atoms with Gasteiger partial charge < -0.3 is 15.4 Å². The molecule has 2 N–H and O–H groups in total. The van der Waals surface area contributed by atoms with Crippen LogP contribution < -0.4 is 15.4 Å². The summed E-state index contributed by atoms with van der Waals surface area (Å²) >= 11 is 0. The number of rotatable bonds is 3. The monoisotopic (exact) mass is 269 g/mol. The van der Waals surface area contributed by atoms with E-state index in [0.29, 0.717) is 24.5 Å². The first-order chi connectivity index (χ1) is 9.67. The molecule has 0 bridgehead atoms. The zero-order valence-corrected chi connectivity index (χ0v) is 11.2. The maximum Gasteiger partial charge on any atom is 0.231 e. The Hall–Kier alpha value is -2.56. The molecule has 0 radical (unpaired) electrons. The summed E-state index contributed by atoms with van der Waals surface area (Å²) in [6.45, 7) is 0.437. The van der Waals surface area contributed by atoms with Crippen molar-refractivity contribution in [2.24, 2.45) is 0 Å². The van der Waals surface area contributed by atoms with Crippen molar-refractivity contribution in [2.45, 2.75) is 13.0 Å². The van der Waals surface area contributed by atoms with Crippen molar-refractivity contribution in [3.8, 4) is 5.88 Å². The number of hydrogen-bond acceptors (Lipinski definition) is 4. The molecule has 0 saturated carbocycles. The highest BCUT2D eigenvalue weighted by Crippen LogP contribution is 2.31. The largest absolute Gasteiger partial charge is 0.481 e. The SMILES string of the molecule is COc1cccc(CN2C(=O)Cc3cc(N)ccc32)n1. The van der Waals surface area contributed by atoms with Crippen LogP contribution in [0.1, 0.15) is 11.3 Å². The second-order valence-corrected chi connectivity index (χ2v) is 4.72. The Morgan fingerprint density at radius 2 is 2.20 bits per heavy atom. The number of carbonyl (C=O) groups is 1. The maximum atomic E-state index is 12.1. The van der Waals surface area contributed by atoms with Gasteiger partial charge in [-0.3, -0.25) is 4.79 Å². The Bertz CT molecular complexity index is 670. The van der Waals surface area contributed by atoms with Gasteiger partial charge in [0.25, 0.3) is 0 Å². The second-order valence-electron chi connectivity index (χ2n) is 4.72. The van der Waals surface area contributed by atoms with Crippen LogP contribution in [-0.4, -0.2) is 18.0 Å². The first kappa shape index (κ1) is 12.5. The third-order valence-electron chi connectivity index (χ3n) is 3.35. The van der Waals surface area contributed by atoms with E-state index in [0.717, 1.165) is 16.9 Å². The fourth-order valence-corrected chi connectivity index (χ4v) is 2.40. The van der Waals surface area contributed by atoms with Gasteiger partial charge in [0.05, 0.1) is 25.8 Å². The van der Waals surface area contributed by atoms with Gasteiger partial charge in [-0.25, -0.2) is 4.98 Å². The number of carbonyl (C=O) groups excluding carboxylic acids is 1. The van der Waals surface area contributed by atoms with E-state index in [4.69, 9.17) is 10.5 Å². The summed E-state index contributed by atoms with van der Waals surface area (Å²) in [5.41, 5.74) is 9.11. The van der Waals surface area contributed by atoms with Gasteiger partial charge in [-0.1, -0.05) is 6.07 Å². The number of pyridine rings is 1. The molecule has 5 nitrogen and oxygen atoms in total. The van der Waals surface area contributed by atoms with Crippen molar-refractivity contribution in [1.82, 2.24) is 4.98 Å². The minimum Gasteiger partial charge on any atom is -0.481 e. The molecule has 0 spiro atoms. The Labute approximate surface area is 117 Å². The molecular formula is C15H15N3O2. The summed E-state index contributed by atoms with van der Waals surface area (Å²) in [6.07, 6.45) is 0.393. The van der Waals surface area contributed by atoms with Crippen LogP contribution >= 0.6 is 0 Å². The van der Waals surface area contributed by atoms with Gasteiger partial charge in [0.15, 0.2) is 0 Å². The van der Waals surface area contributed by atoms with Gasteiger partial charge >= 0.3 is 0 Å². The molecule has 0 atom stereocenters. The zero-order chi connectivity index (χ0) is 14.1. The summed E-state index contributed by atoms with van der Waals surface area (Å²) in [5, 5.41) is 0. The van der Waals surface area contributed by atoms with Gasteiger partial charge in [0, 0.05) is 17.4 Å². The lowest BCUT2D eigenvalue weighted by Crippen LogP contribution is -2.26. The molecule has 0 unspecified atom stereocenters. The van der Waals surface area contributed by atoms with Crippen LogP contribution in [0, 0.1) is 0 Å². The molecule has 102 valence electrons. The lowest BCUT2D eigenvalue weighted by atomic mass is 10.1. The van der Waals surface area contributed by atoms with E-state index in [-0.39, 0.29) is 5.91 Å². The molecule has 3 rings (SSSR count). The van der Waals surface area contributed by atoms with Gasteiger partial charge in [0.1, 0.15) is 0 Å². The first-order valence-electron chi connectivity index (χ1n) is 6.36. The fraction of sp³-hybridized carbons (Fsp3) is 0.200. The van der Waals surface area contributed by atoms with Crippen molar-refractivity contribution in [3.63, 3.8) is 0 Å². The van der Waals surface area contributed by atoms with Crippen molar-refractivity contribution in [3.05, 3.63) is 47.7 Å². The molecular weight excluding hydrogens is 254 g/mol. The molecule has 1 amide bonds. The molecule has 0 fully saturated rings. The number of nitrogens with zero attached hydrogens (tertiary/aromatic N) is 2. The smallest absolute Gasteiger partial charge is 0.231 e. The summed E-state index contributed by atoms with van der Waals surface area (Å²) in [5.74, 6) is 0.613. The molecule has 1 aromatic heterocycles. The Morgan fingerprint density at radius 3 is 3.00 bits per heavy atom. The second kappa shape index (κ2) is 4.85. The number of fused-ring (bicyclic) bond motifs is 1. The predicted octanol–water partition coefficient (Wildman–Crippen LogP) is 1.76. The van der Waals surface area contributed by atoms with Gasteiger partial charge in [-0.05, 0) is 29.8 Å². The molecule has 1 aliphatic rings. The number of amides is 1. The lowest BCUT2D eigenvalue weighted by molar-refractivity contribution is -0.117. The summed E-state index contributed by atoms with van der Waals surface area (Å²) in [7, 11) is 1.57. The van der Waals surface area contributed by atoms with Crippen molar-refractivity contribution in [1.29, 1.82) is 0 Å². The quantitative estimate of drug-likeness (QED) is 0.862. The van der Waals surface area contributed by atoms with Crippen molar-refractivity contribution < 1.29 is 9.53 Å². The predicted molar refractivity (Wildman–Crippen MR) is 76.5 cm³/mol. The molecule has 1 aliphatic heterocycles. The van der Waals surface area contributed by atoms with E-state index in [2.05, 4.69) is 4.98 Å². The number of aromatic nitrogens is 1. The topological polar surface area (TPSA) is 68.5 Å². The van der Waals surface area contributed by atoms with Crippen LogP contribution in [0.2, 0.25) is 0 Å². The average Bonchev–Trinajstić information content (AvgIpc) is 2.74. The maximum absolute atomic E-state index is 12.1. The van der Waals surface area contributed by atoms with E-state index in [1.807, 2.05) is 30.3 Å². The van der Waals surface area contributed by atoms with E-state index >= 15 is 0 Å². The Morgan fingerprint density at radius 1 is 1.35 bits per heavy atom. The van der Waals surface area contributed by atoms with Crippen LogP contribution in [0.5, 0.6) is 5.88 Å². The number of anilines is 2. The standard InChI is InChI=1S/C15H15N3O2/c1-20-14-4-2-3-12(17-14)9-18-13-6-5-11(16)7-10(13)8-15(18)19/h2-7H,8-9,16H2,1H3. The summed E-state index contributed by atoms with van der Waals surface area (Å²) < 4.78 is 5.10. The highest BCUT2D eigenvalue weighted by atomic mass is 16.5. The van der Waals surface area contributed by atoms with E-state index in [1.165, 1.54) is 0 Å². The first-order valence-corrected chi connectivity index (χ1v) is 6.36. The summed E-state index contributed by atoms with van der Waals surface area (Å²) in [4.78, 5) is 18.2. The number of hydrogen-bond donors (Lipinski definition) is 1. The number of methoxy groups -OCH3 is 1. The number of ether oxygens (including phenoxy) is 1. The van der Waals surface area contributed by atoms with Crippen LogP contribution in [-0.2, 0) is 17.8 Å². The van der Waals surface area contributed by atoms with Crippen LogP contribution in [0.3, 0.4) is 0 Å². The number of benzene rings is 1. The fourth-order valence-electron chi connectivity index (χ4n) is 2.40. The lowest BCUT2D eigenvalue weighted by Gasteiger charge is -2.17. The van der Waals surface area contributed by atoms with Crippen LogP contribution in [0.15, 0.2) is 36.4 Å². The van der Waals surface area contributed by atoms with Crippen molar-refractivity contribution >= 4 is 17.3 Å². The molecule has 0 aliphatic carbocycles. The van der Waals surface area contributed by atoms with Gasteiger partial charge in [-0.15, -0.1) is 0 Å². The normalized spacial score (nSPS) is 13.4. The van der Waals surface area contributed by atoms with E-state index < -0.39 is 0 Å². The number of nitrogens with two attached hydrogens (primary N) is 1. The van der Waals surface area contributed by atoms with Crippen LogP contribution in [0.25, 0.3) is 0 Å². The summed E-state index contributed by atoms with van der Waals surface area (Å²) in [6, 6.07) is 11.1. The molecule has 20 heavy (non-hydrogen) atoms. The molecule has 0 saturated heterocycles. The third kappa shape index (κ3) is 2.18. The number of nitrogen functional groups attached to an aromatic ring is 1. The highest BCUT2D eigenvalue weighted by molar-refractivity contribution is 6.01. The highest BCUT2D eigenvalue weighted by Gasteiger charge is 2.27.